The predicted molar refractivity (Wildman–Crippen MR) is 65.2 cm³/mol. The molecule has 2 nitrogen and oxygen atoms in total. The van der Waals surface area contributed by atoms with Crippen LogP contribution in [0.5, 0.6) is 0 Å². The number of carbonyl (C=O) groups is 1. The van der Waals surface area contributed by atoms with Gasteiger partial charge in [-0.15, -0.1) is 0 Å². The van der Waals surface area contributed by atoms with Crippen LogP contribution in [0.1, 0.15) is 31.2 Å². The first-order valence-electron chi connectivity index (χ1n) is 6.53. The standard InChI is InChI=1S/C15H18O2/c16-15(14-9-12-6-7-13(14)8-12)17-10-11-4-2-1-3-5-11/h1-5,12-14H,6-10H2/t12?,13-,14-/m1/s1. The van der Waals surface area contributed by atoms with Gasteiger partial charge in [-0.05, 0) is 36.7 Å². The van der Waals surface area contributed by atoms with Gasteiger partial charge in [-0.3, -0.25) is 4.79 Å². The highest BCUT2D eigenvalue weighted by Gasteiger charge is 2.43. The molecule has 1 aromatic rings. The number of fused-ring (bicyclic) bond motifs is 2. The van der Waals surface area contributed by atoms with Gasteiger partial charge >= 0.3 is 5.97 Å². The van der Waals surface area contributed by atoms with Crippen molar-refractivity contribution in [3.63, 3.8) is 0 Å². The topological polar surface area (TPSA) is 26.3 Å². The molecule has 0 amide bonds. The minimum atomic E-state index is 0.0288. The van der Waals surface area contributed by atoms with Gasteiger partial charge in [0.25, 0.3) is 0 Å². The Bertz CT molecular complexity index is 399. The third kappa shape index (κ3) is 2.21. The second-order valence-electron chi connectivity index (χ2n) is 5.37. The highest BCUT2D eigenvalue weighted by atomic mass is 16.5. The molecule has 0 saturated heterocycles. The molecule has 3 rings (SSSR count). The molecule has 2 heteroatoms. The maximum absolute atomic E-state index is 12.0. The van der Waals surface area contributed by atoms with Crippen LogP contribution >= 0.6 is 0 Å². The smallest absolute Gasteiger partial charge is 0.309 e. The minimum absolute atomic E-state index is 0.0288. The number of ether oxygens (including phenoxy) is 1. The van der Waals surface area contributed by atoms with E-state index < -0.39 is 0 Å². The van der Waals surface area contributed by atoms with E-state index >= 15 is 0 Å². The van der Waals surface area contributed by atoms with Crippen LogP contribution in [-0.4, -0.2) is 5.97 Å². The maximum Gasteiger partial charge on any atom is 0.309 e. The van der Waals surface area contributed by atoms with E-state index in [0.717, 1.165) is 17.9 Å². The van der Waals surface area contributed by atoms with E-state index in [1.54, 1.807) is 0 Å². The molecular formula is C15H18O2. The van der Waals surface area contributed by atoms with Crippen molar-refractivity contribution >= 4 is 5.97 Å². The molecule has 0 aromatic heterocycles. The second-order valence-corrected chi connectivity index (χ2v) is 5.37. The first-order chi connectivity index (χ1) is 8.33. The normalized spacial score (nSPS) is 30.5. The Kier molecular flexibility index (Phi) is 2.87. The lowest BCUT2D eigenvalue weighted by atomic mass is 9.89. The Morgan fingerprint density at radius 3 is 2.65 bits per heavy atom. The molecule has 0 N–H and O–H groups in total. The summed E-state index contributed by atoms with van der Waals surface area (Å²) in [6.07, 6.45) is 4.88. The SMILES string of the molecule is O=C(OCc1ccccc1)[C@@H]1CC2CC[C@@H]1C2. The van der Waals surface area contributed by atoms with Crippen molar-refractivity contribution in [2.24, 2.45) is 17.8 Å². The van der Waals surface area contributed by atoms with Crippen molar-refractivity contribution in [3.05, 3.63) is 35.9 Å². The molecule has 3 atom stereocenters. The summed E-state index contributed by atoms with van der Waals surface area (Å²) in [7, 11) is 0. The van der Waals surface area contributed by atoms with Gasteiger partial charge in [0, 0.05) is 0 Å². The molecule has 1 unspecified atom stereocenters. The van der Waals surface area contributed by atoms with Crippen LogP contribution in [0.25, 0.3) is 0 Å². The highest BCUT2D eigenvalue weighted by molar-refractivity contribution is 5.73. The predicted octanol–water partition coefficient (Wildman–Crippen LogP) is 3.17. The number of hydrogen-bond acceptors (Lipinski definition) is 2. The van der Waals surface area contributed by atoms with Crippen LogP contribution in [0.3, 0.4) is 0 Å². The molecule has 0 heterocycles. The Balaban J connectivity index is 1.54. The second kappa shape index (κ2) is 4.52. The quantitative estimate of drug-likeness (QED) is 0.745. The Morgan fingerprint density at radius 2 is 2.00 bits per heavy atom. The van der Waals surface area contributed by atoms with E-state index in [1.165, 1.54) is 19.3 Å². The number of esters is 1. The Hall–Kier alpha value is -1.31. The van der Waals surface area contributed by atoms with E-state index in [-0.39, 0.29) is 11.9 Å². The van der Waals surface area contributed by atoms with Crippen LogP contribution in [-0.2, 0) is 16.1 Å². The fourth-order valence-corrected chi connectivity index (χ4v) is 3.37. The van der Waals surface area contributed by atoms with Crippen molar-refractivity contribution < 1.29 is 9.53 Å². The molecule has 17 heavy (non-hydrogen) atoms. The fourth-order valence-electron chi connectivity index (χ4n) is 3.37. The van der Waals surface area contributed by atoms with Crippen molar-refractivity contribution in [1.29, 1.82) is 0 Å². The summed E-state index contributed by atoms with van der Waals surface area (Å²) >= 11 is 0. The summed E-state index contributed by atoms with van der Waals surface area (Å²) in [6.45, 7) is 0.424. The third-order valence-corrected chi connectivity index (χ3v) is 4.26. The van der Waals surface area contributed by atoms with Gasteiger partial charge < -0.3 is 4.74 Å². The van der Waals surface area contributed by atoms with Crippen molar-refractivity contribution in [1.82, 2.24) is 0 Å². The van der Waals surface area contributed by atoms with Gasteiger partial charge in [0.05, 0.1) is 5.92 Å². The zero-order chi connectivity index (χ0) is 11.7. The molecule has 2 fully saturated rings. The highest BCUT2D eigenvalue weighted by Crippen LogP contribution is 2.48. The number of hydrogen-bond donors (Lipinski definition) is 0. The lowest BCUT2D eigenvalue weighted by molar-refractivity contribution is -0.151. The molecule has 2 aliphatic rings. The Morgan fingerprint density at radius 1 is 1.18 bits per heavy atom. The zero-order valence-corrected chi connectivity index (χ0v) is 9.97. The molecule has 2 bridgehead atoms. The van der Waals surface area contributed by atoms with Gasteiger partial charge in [0.1, 0.15) is 6.61 Å². The molecule has 0 aliphatic heterocycles. The molecule has 0 spiro atoms. The molecule has 90 valence electrons. The Labute approximate surface area is 102 Å². The van der Waals surface area contributed by atoms with Crippen LogP contribution in [0.15, 0.2) is 30.3 Å². The van der Waals surface area contributed by atoms with Crippen molar-refractivity contribution in [2.45, 2.75) is 32.3 Å². The summed E-state index contributed by atoms with van der Waals surface area (Å²) in [5, 5.41) is 0. The van der Waals surface area contributed by atoms with Crippen LogP contribution in [0.4, 0.5) is 0 Å². The average molecular weight is 230 g/mol. The summed E-state index contributed by atoms with van der Waals surface area (Å²) in [5.74, 6) is 1.64. The van der Waals surface area contributed by atoms with Crippen LogP contribution in [0.2, 0.25) is 0 Å². The number of rotatable bonds is 3. The molecule has 2 aliphatic carbocycles. The number of benzene rings is 1. The first kappa shape index (κ1) is 10.8. The van der Waals surface area contributed by atoms with E-state index in [2.05, 4.69) is 0 Å². The summed E-state index contributed by atoms with van der Waals surface area (Å²) in [4.78, 5) is 12.0. The summed E-state index contributed by atoms with van der Waals surface area (Å²) < 4.78 is 5.43. The van der Waals surface area contributed by atoms with E-state index in [1.807, 2.05) is 30.3 Å². The van der Waals surface area contributed by atoms with E-state index in [4.69, 9.17) is 4.74 Å². The largest absolute Gasteiger partial charge is 0.461 e. The van der Waals surface area contributed by atoms with Gasteiger partial charge in [0.15, 0.2) is 0 Å². The van der Waals surface area contributed by atoms with E-state index in [0.29, 0.717) is 12.5 Å². The van der Waals surface area contributed by atoms with Gasteiger partial charge in [-0.2, -0.15) is 0 Å². The van der Waals surface area contributed by atoms with Crippen LogP contribution in [0, 0.1) is 17.8 Å². The van der Waals surface area contributed by atoms with Crippen molar-refractivity contribution in [3.8, 4) is 0 Å². The molecule has 1 aromatic carbocycles. The van der Waals surface area contributed by atoms with E-state index in [9.17, 15) is 4.79 Å². The maximum atomic E-state index is 12.0. The molecular weight excluding hydrogens is 212 g/mol. The lowest BCUT2D eigenvalue weighted by Crippen LogP contribution is -2.23. The zero-order valence-electron chi connectivity index (χ0n) is 9.97. The summed E-state index contributed by atoms with van der Waals surface area (Å²) in [6, 6.07) is 9.91. The van der Waals surface area contributed by atoms with Crippen molar-refractivity contribution in [2.75, 3.05) is 0 Å². The lowest BCUT2D eigenvalue weighted by Gasteiger charge is -2.19. The van der Waals surface area contributed by atoms with Crippen LogP contribution < -0.4 is 0 Å². The van der Waals surface area contributed by atoms with Gasteiger partial charge in [-0.25, -0.2) is 0 Å². The number of carbonyl (C=O) groups excluding carboxylic acids is 1. The monoisotopic (exact) mass is 230 g/mol. The first-order valence-corrected chi connectivity index (χ1v) is 6.53. The fraction of sp³-hybridized carbons (Fsp3) is 0.533. The van der Waals surface area contributed by atoms with Gasteiger partial charge in [0.2, 0.25) is 0 Å². The third-order valence-electron chi connectivity index (χ3n) is 4.26. The summed E-state index contributed by atoms with van der Waals surface area (Å²) in [5.41, 5.74) is 1.07. The van der Waals surface area contributed by atoms with Gasteiger partial charge in [-0.1, -0.05) is 36.8 Å². The minimum Gasteiger partial charge on any atom is -0.461 e. The average Bonchev–Trinajstić information content (AvgIpc) is 2.99. The molecule has 2 saturated carbocycles. The molecule has 0 radical (unpaired) electrons.